The molecule has 0 saturated heterocycles. The van der Waals surface area contributed by atoms with Gasteiger partial charge >= 0.3 is 0 Å². The molecule has 2 aromatic carbocycles. The number of benzene rings is 2. The highest BCUT2D eigenvalue weighted by Crippen LogP contribution is 2.24. The van der Waals surface area contributed by atoms with E-state index in [1.54, 1.807) is 56.5 Å². The van der Waals surface area contributed by atoms with Gasteiger partial charge in [-0.2, -0.15) is 0 Å². The van der Waals surface area contributed by atoms with Gasteiger partial charge < -0.3 is 19.9 Å². The van der Waals surface area contributed by atoms with E-state index in [9.17, 15) is 9.90 Å². The minimum Gasteiger partial charge on any atom is -0.506 e. The van der Waals surface area contributed by atoms with Gasteiger partial charge in [-0.1, -0.05) is 6.07 Å². The predicted molar refractivity (Wildman–Crippen MR) is 84.6 cm³/mol. The molecule has 5 heteroatoms. The van der Waals surface area contributed by atoms with Crippen LogP contribution in [-0.2, 0) is 4.79 Å². The summed E-state index contributed by atoms with van der Waals surface area (Å²) in [5.41, 5.74) is 1.31. The van der Waals surface area contributed by atoms with Crippen LogP contribution in [0.1, 0.15) is 12.5 Å². The molecule has 1 amide bonds. The second-order valence-corrected chi connectivity index (χ2v) is 4.95. The third kappa shape index (κ3) is 3.91. The molecule has 2 aromatic rings. The first-order valence-corrected chi connectivity index (χ1v) is 6.91. The molecule has 0 aromatic heterocycles. The van der Waals surface area contributed by atoms with E-state index in [4.69, 9.17) is 9.47 Å². The third-order valence-electron chi connectivity index (χ3n) is 3.15. The number of carbonyl (C=O) groups is 1. The number of phenols is 1. The minimum absolute atomic E-state index is 0.0237. The largest absolute Gasteiger partial charge is 0.506 e. The Kier molecular flexibility index (Phi) is 4.88. The van der Waals surface area contributed by atoms with Crippen molar-refractivity contribution in [2.45, 2.75) is 20.0 Å². The zero-order valence-corrected chi connectivity index (χ0v) is 12.8. The quantitative estimate of drug-likeness (QED) is 0.833. The Bertz CT molecular complexity index is 652. The van der Waals surface area contributed by atoms with Crippen LogP contribution in [0.4, 0.5) is 5.69 Å². The van der Waals surface area contributed by atoms with Gasteiger partial charge in [0.15, 0.2) is 6.10 Å². The van der Waals surface area contributed by atoms with Crippen molar-refractivity contribution < 1.29 is 19.4 Å². The van der Waals surface area contributed by atoms with Crippen molar-refractivity contribution in [3.8, 4) is 17.2 Å². The summed E-state index contributed by atoms with van der Waals surface area (Å²) in [4.78, 5) is 12.1. The first kappa shape index (κ1) is 15.7. The maximum absolute atomic E-state index is 12.1. The molecular formula is C17H19NO4. The summed E-state index contributed by atoms with van der Waals surface area (Å²) in [5.74, 6) is 0.971. The molecule has 2 rings (SSSR count). The zero-order chi connectivity index (χ0) is 16.1. The van der Waals surface area contributed by atoms with Crippen LogP contribution in [0.15, 0.2) is 42.5 Å². The van der Waals surface area contributed by atoms with Crippen molar-refractivity contribution in [2.24, 2.45) is 0 Å². The van der Waals surface area contributed by atoms with Gasteiger partial charge in [0.2, 0.25) is 0 Å². The van der Waals surface area contributed by atoms with Gasteiger partial charge in [-0.3, -0.25) is 4.79 Å². The van der Waals surface area contributed by atoms with Crippen LogP contribution in [-0.4, -0.2) is 24.2 Å². The molecular weight excluding hydrogens is 282 g/mol. The number of rotatable bonds is 5. The number of aryl methyl sites for hydroxylation is 1. The summed E-state index contributed by atoms with van der Waals surface area (Å²) in [5, 5.41) is 12.4. The van der Waals surface area contributed by atoms with Crippen LogP contribution >= 0.6 is 0 Å². The van der Waals surface area contributed by atoms with Crippen molar-refractivity contribution in [2.75, 3.05) is 12.4 Å². The number of nitrogens with one attached hydrogen (secondary N) is 1. The number of phenolic OH excluding ortho intramolecular Hbond substituents is 1. The molecule has 2 N–H and O–H groups in total. The minimum atomic E-state index is -0.701. The topological polar surface area (TPSA) is 67.8 Å². The van der Waals surface area contributed by atoms with Crippen LogP contribution < -0.4 is 14.8 Å². The highest BCUT2D eigenvalue weighted by Gasteiger charge is 2.16. The highest BCUT2D eigenvalue weighted by molar-refractivity contribution is 5.95. The summed E-state index contributed by atoms with van der Waals surface area (Å²) in [6, 6.07) is 12.0. The van der Waals surface area contributed by atoms with Crippen molar-refractivity contribution >= 4 is 11.6 Å². The number of amides is 1. The van der Waals surface area contributed by atoms with Crippen molar-refractivity contribution in [1.82, 2.24) is 0 Å². The van der Waals surface area contributed by atoms with E-state index in [0.29, 0.717) is 17.2 Å². The van der Waals surface area contributed by atoms with Gasteiger partial charge in [-0.15, -0.1) is 0 Å². The van der Waals surface area contributed by atoms with E-state index in [1.165, 1.54) is 0 Å². The molecule has 22 heavy (non-hydrogen) atoms. The molecule has 0 radical (unpaired) electrons. The van der Waals surface area contributed by atoms with E-state index in [-0.39, 0.29) is 11.7 Å². The first-order chi connectivity index (χ1) is 10.5. The molecule has 5 nitrogen and oxygen atoms in total. The number of hydrogen-bond donors (Lipinski definition) is 2. The number of methoxy groups -OCH3 is 1. The van der Waals surface area contributed by atoms with E-state index >= 15 is 0 Å². The lowest BCUT2D eigenvalue weighted by molar-refractivity contribution is -0.122. The van der Waals surface area contributed by atoms with Gasteiger partial charge in [-0.25, -0.2) is 0 Å². The Labute approximate surface area is 129 Å². The fourth-order valence-corrected chi connectivity index (χ4v) is 1.90. The van der Waals surface area contributed by atoms with Crippen molar-refractivity contribution in [1.29, 1.82) is 0 Å². The molecule has 0 heterocycles. The number of carbonyl (C=O) groups excluding carboxylic acids is 1. The maximum Gasteiger partial charge on any atom is 0.265 e. The third-order valence-corrected chi connectivity index (χ3v) is 3.15. The van der Waals surface area contributed by atoms with Crippen LogP contribution in [0.2, 0.25) is 0 Å². The van der Waals surface area contributed by atoms with E-state index < -0.39 is 6.10 Å². The second-order valence-electron chi connectivity index (χ2n) is 4.95. The fraction of sp³-hybridized carbons (Fsp3) is 0.235. The summed E-state index contributed by atoms with van der Waals surface area (Å²) < 4.78 is 10.6. The summed E-state index contributed by atoms with van der Waals surface area (Å²) in [7, 11) is 1.58. The molecule has 0 bridgehead atoms. The molecule has 0 aliphatic rings. The predicted octanol–water partition coefficient (Wildman–Crippen LogP) is 3.12. The lowest BCUT2D eigenvalue weighted by Gasteiger charge is -2.15. The average molecular weight is 301 g/mol. The molecule has 0 unspecified atom stereocenters. The van der Waals surface area contributed by atoms with E-state index in [0.717, 1.165) is 5.56 Å². The lowest BCUT2D eigenvalue weighted by Crippen LogP contribution is -2.30. The zero-order valence-electron chi connectivity index (χ0n) is 12.8. The number of anilines is 1. The molecule has 116 valence electrons. The average Bonchev–Trinajstić information content (AvgIpc) is 2.51. The molecule has 0 aliphatic carbocycles. The SMILES string of the molecule is COc1ccc(O[C@@H](C)C(=O)Nc2cc(C)ccc2O)cc1. The van der Waals surface area contributed by atoms with Crippen molar-refractivity contribution in [3.63, 3.8) is 0 Å². The van der Waals surface area contributed by atoms with Gasteiger partial charge in [0.1, 0.15) is 17.2 Å². The highest BCUT2D eigenvalue weighted by atomic mass is 16.5. The standard InChI is InChI=1S/C17H19NO4/c1-11-4-9-16(19)15(10-11)18-17(20)12(2)22-14-7-5-13(21-3)6-8-14/h4-10,12,19H,1-3H3,(H,18,20)/t12-/m0/s1. The van der Waals surface area contributed by atoms with Crippen LogP contribution in [0, 0.1) is 6.92 Å². The van der Waals surface area contributed by atoms with Crippen molar-refractivity contribution in [3.05, 3.63) is 48.0 Å². The van der Waals surface area contributed by atoms with Crippen LogP contribution in [0.5, 0.6) is 17.2 Å². The Morgan fingerprint density at radius 1 is 1.14 bits per heavy atom. The van der Waals surface area contributed by atoms with Crippen LogP contribution in [0.25, 0.3) is 0 Å². The first-order valence-electron chi connectivity index (χ1n) is 6.91. The number of hydrogen-bond acceptors (Lipinski definition) is 4. The maximum atomic E-state index is 12.1. The smallest absolute Gasteiger partial charge is 0.265 e. The van der Waals surface area contributed by atoms with Gasteiger partial charge in [-0.05, 0) is 55.8 Å². The molecule has 0 aliphatic heterocycles. The Morgan fingerprint density at radius 3 is 2.41 bits per heavy atom. The Morgan fingerprint density at radius 2 is 1.77 bits per heavy atom. The van der Waals surface area contributed by atoms with Gasteiger partial charge in [0, 0.05) is 0 Å². The normalized spacial score (nSPS) is 11.6. The summed E-state index contributed by atoms with van der Waals surface area (Å²) in [6.07, 6.45) is -0.701. The molecule has 0 spiro atoms. The number of ether oxygens (including phenoxy) is 2. The fourth-order valence-electron chi connectivity index (χ4n) is 1.90. The van der Waals surface area contributed by atoms with Crippen LogP contribution in [0.3, 0.4) is 0 Å². The Hall–Kier alpha value is -2.69. The second kappa shape index (κ2) is 6.85. The Balaban J connectivity index is 2.00. The summed E-state index contributed by atoms with van der Waals surface area (Å²) in [6.45, 7) is 3.53. The monoisotopic (exact) mass is 301 g/mol. The summed E-state index contributed by atoms with van der Waals surface area (Å²) >= 11 is 0. The van der Waals surface area contributed by atoms with E-state index in [2.05, 4.69) is 5.32 Å². The van der Waals surface area contributed by atoms with Gasteiger partial charge in [0.25, 0.3) is 5.91 Å². The number of aromatic hydroxyl groups is 1. The molecule has 1 atom stereocenters. The van der Waals surface area contributed by atoms with E-state index in [1.807, 2.05) is 6.92 Å². The molecule has 0 fully saturated rings. The van der Waals surface area contributed by atoms with Gasteiger partial charge in [0.05, 0.1) is 12.8 Å². The lowest BCUT2D eigenvalue weighted by atomic mass is 10.2. The molecule has 0 saturated carbocycles.